The van der Waals surface area contributed by atoms with E-state index in [0.717, 1.165) is 45.3 Å². The summed E-state index contributed by atoms with van der Waals surface area (Å²) in [7, 11) is 0. The summed E-state index contributed by atoms with van der Waals surface area (Å²) in [5, 5.41) is 13.5. The van der Waals surface area contributed by atoms with E-state index < -0.39 is 5.60 Å². The number of fused-ring (bicyclic) bond motifs is 1. The molecule has 6 heteroatoms. The van der Waals surface area contributed by atoms with E-state index in [2.05, 4.69) is 10.2 Å². The van der Waals surface area contributed by atoms with Gasteiger partial charge in [-0.15, -0.1) is 0 Å². The van der Waals surface area contributed by atoms with E-state index in [1.54, 1.807) is 0 Å². The van der Waals surface area contributed by atoms with Crippen LogP contribution in [0.2, 0.25) is 0 Å². The molecule has 1 amide bonds. The number of likely N-dealkylation sites (tertiary alicyclic amines) is 1. The van der Waals surface area contributed by atoms with Crippen molar-refractivity contribution < 1.29 is 14.6 Å². The Labute approximate surface area is 139 Å². The first-order valence-corrected chi connectivity index (χ1v) is 9.00. The summed E-state index contributed by atoms with van der Waals surface area (Å²) in [4.78, 5) is 16.9. The van der Waals surface area contributed by atoms with Gasteiger partial charge in [-0.1, -0.05) is 0 Å². The zero-order valence-corrected chi connectivity index (χ0v) is 14.6. The predicted octanol–water partition coefficient (Wildman–Crippen LogP) is 1.18. The van der Waals surface area contributed by atoms with Crippen LogP contribution in [0.1, 0.15) is 46.5 Å². The van der Waals surface area contributed by atoms with Crippen molar-refractivity contribution in [1.82, 2.24) is 15.1 Å². The van der Waals surface area contributed by atoms with Gasteiger partial charge in [0.25, 0.3) is 0 Å². The number of nitrogens with zero attached hydrogens (tertiary/aromatic N) is 2. The molecule has 0 unspecified atom stereocenters. The molecule has 1 saturated carbocycles. The Morgan fingerprint density at radius 1 is 1.17 bits per heavy atom. The van der Waals surface area contributed by atoms with Gasteiger partial charge in [0.15, 0.2) is 0 Å². The number of carbonyl (C=O) groups excluding carboxylic acids is 1. The van der Waals surface area contributed by atoms with Crippen LogP contribution in [-0.4, -0.2) is 77.0 Å². The number of ether oxygens (including phenoxy) is 1. The zero-order chi connectivity index (χ0) is 16.6. The summed E-state index contributed by atoms with van der Waals surface area (Å²) in [6.07, 6.45) is 3.78. The Hall–Kier alpha value is -0.850. The molecule has 2 heterocycles. The molecule has 2 N–H and O–H groups in total. The highest BCUT2D eigenvalue weighted by Gasteiger charge is 2.44. The first-order chi connectivity index (χ1) is 10.8. The summed E-state index contributed by atoms with van der Waals surface area (Å²) in [6, 6.07) is 0.904. The Morgan fingerprint density at radius 3 is 2.57 bits per heavy atom. The van der Waals surface area contributed by atoms with Crippen molar-refractivity contribution >= 4 is 6.09 Å². The van der Waals surface area contributed by atoms with Crippen LogP contribution in [0.5, 0.6) is 0 Å². The van der Waals surface area contributed by atoms with Crippen molar-refractivity contribution in [3.05, 3.63) is 0 Å². The molecule has 4 atom stereocenters. The standard InChI is InChI=1S/C17H31N3O3/c1-17(2,3)23-16(22)20-10-8-18-15-13(5-4-6-14(15)20)19-9-7-12(21)11-19/h12-15,18,21H,4-11H2,1-3H3/t12-,13-,14-,15+/m0/s1. The third-order valence-electron chi connectivity index (χ3n) is 5.25. The molecule has 0 bridgehead atoms. The van der Waals surface area contributed by atoms with Crippen molar-refractivity contribution in [2.24, 2.45) is 0 Å². The average Bonchev–Trinajstić information content (AvgIpc) is 2.90. The Kier molecular flexibility index (Phi) is 4.85. The fraction of sp³-hybridized carbons (Fsp3) is 0.941. The van der Waals surface area contributed by atoms with E-state index in [0.29, 0.717) is 12.6 Å². The van der Waals surface area contributed by atoms with E-state index in [9.17, 15) is 9.90 Å². The van der Waals surface area contributed by atoms with Crippen LogP contribution in [0.15, 0.2) is 0 Å². The number of nitrogens with one attached hydrogen (secondary N) is 1. The second kappa shape index (κ2) is 6.57. The topological polar surface area (TPSA) is 65.0 Å². The quantitative estimate of drug-likeness (QED) is 0.758. The van der Waals surface area contributed by atoms with Crippen molar-refractivity contribution in [2.75, 3.05) is 26.2 Å². The van der Waals surface area contributed by atoms with Crippen molar-refractivity contribution in [3.8, 4) is 0 Å². The largest absolute Gasteiger partial charge is 0.444 e. The Bertz CT molecular complexity index is 437. The summed E-state index contributed by atoms with van der Waals surface area (Å²) in [5.74, 6) is 0. The van der Waals surface area contributed by atoms with Gasteiger partial charge in [-0.05, 0) is 46.5 Å². The Morgan fingerprint density at radius 2 is 1.91 bits per heavy atom. The first-order valence-electron chi connectivity index (χ1n) is 9.00. The maximum Gasteiger partial charge on any atom is 0.410 e. The summed E-state index contributed by atoms with van der Waals surface area (Å²) < 4.78 is 5.61. The van der Waals surface area contributed by atoms with Gasteiger partial charge in [-0.25, -0.2) is 4.79 Å². The van der Waals surface area contributed by atoms with Crippen LogP contribution in [-0.2, 0) is 4.74 Å². The lowest BCUT2D eigenvalue weighted by atomic mass is 9.83. The monoisotopic (exact) mass is 325 g/mol. The molecule has 132 valence electrons. The number of carbonyl (C=O) groups is 1. The van der Waals surface area contributed by atoms with Gasteiger partial charge in [0, 0.05) is 38.3 Å². The lowest BCUT2D eigenvalue weighted by Gasteiger charge is -2.50. The Balaban J connectivity index is 1.70. The number of aliphatic hydroxyl groups excluding tert-OH is 1. The molecule has 2 saturated heterocycles. The van der Waals surface area contributed by atoms with E-state index in [4.69, 9.17) is 4.74 Å². The van der Waals surface area contributed by atoms with Gasteiger partial charge < -0.3 is 20.1 Å². The van der Waals surface area contributed by atoms with Crippen molar-refractivity contribution in [3.63, 3.8) is 0 Å². The minimum atomic E-state index is -0.454. The number of amides is 1. The van der Waals surface area contributed by atoms with Crippen LogP contribution in [0.25, 0.3) is 0 Å². The lowest BCUT2D eigenvalue weighted by Crippen LogP contribution is -2.67. The summed E-state index contributed by atoms with van der Waals surface area (Å²) in [5.41, 5.74) is -0.454. The molecular weight excluding hydrogens is 294 g/mol. The molecule has 6 nitrogen and oxygen atoms in total. The second-order valence-corrected chi connectivity index (χ2v) is 8.16. The van der Waals surface area contributed by atoms with E-state index in [1.807, 2.05) is 25.7 Å². The number of β-amino-alcohol motifs (C(OH)–C–C–N with tert-alkyl or cyclic N) is 1. The van der Waals surface area contributed by atoms with Gasteiger partial charge >= 0.3 is 6.09 Å². The maximum atomic E-state index is 12.6. The molecule has 1 aliphatic carbocycles. The molecule has 23 heavy (non-hydrogen) atoms. The third kappa shape index (κ3) is 3.80. The molecule has 3 aliphatic rings. The number of piperazine rings is 1. The second-order valence-electron chi connectivity index (χ2n) is 8.16. The van der Waals surface area contributed by atoms with Gasteiger partial charge in [-0.2, -0.15) is 0 Å². The third-order valence-corrected chi connectivity index (χ3v) is 5.25. The van der Waals surface area contributed by atoms with Crippen LogP contribution < -0.4 is 5.32 Å². The van der Waals surface area contributed by atoms with Crippen LogP contribution in [0.3, 0.4) is 0 Å². The van der Waals surface area contributed by atoms with Crippen LogP contribution >= 0.6 is 0 Å². The molecule has 0 spiro atoms. The smallest absolute Gasteiger partial charge is 0.410 e. The summed E-state index contributed by atoms with van der Waals surface area (Å²) >= 11 is 0. The molecular formula is C17H31N3O3. The van der Waals surface area contributed by atoms with E-state index in [-0.39, 0.29) is 24.3 Å². The number of aliphatic hydroxyl groups is 1. The normalized spacial score (nSPS) is 35.9. The predicted molar refractivity (Wildman–Crippen MR) is 88.4 cm³/mol. The molecule has 3 rings (SSSR count). The fourth-order valence-corrected chi connectivity index (χ4v) is 4.32. The molecule has 3 fully saturated rings. The molecule has 0 aromatic carbocycles. The minimum Gasteiger partial charge on any atom is -0.444 e. The van der Waals surface area contributed by atoms with E-state index in [1.165, 1.54) is 0 Å². The highest BCUT2D eigenvalue weighted by atomic mass is 16.6. The highest BCUT2D eigenvalue weighted by Crippen LogP contribution is 2.31. The molecule has 0 aromatic heterocycles. The molecule has 0 aromatic rings. The van der Waals surface area contributed by atoms with Crippen LogP contribution in [0.4, 0.5) is 4.79 Å². The number of rotatable bonds is 1. The number of hydrogen-bond acceptors (Lipinski definition) is 5. The lowest BCUT2D eigenvalue weighted by molar-refractivity contribution is -0.0133. The minimum absolute atomic E-state index is 0.184. The van der Waals surface area contributed by atoms with E-state index >= 15 is 0 Å². The first kappa shape index (κ1) is 17.0. The van der Waals surface area contributed by atoms with Crippen molar-refractivity contribution in [1.29, 1.82) is 0 Å². The van der Waals surface area contributed by atoms with Crippen molar-refractivity contribution in [2.45, 2.75) is 76.3 Å². The van der Waals surface area contributed by atoms with Gasteiger partial charge in [0.05, 0.1) is 12.1 Å². The highest BCUT2D eigenvalue weighted by molar-refractivity contribution is 5.69. The maximum absolute atomic E-state index is 12.6. The average molecular weight is 325 g/mol. The van der Waals surface area contributed by atoms with Gasteiger partial charge in [0.2, 0.25) is 0 Å². The van der Waals surface area contributed by atoms with Crippen LogP contribution in [0, 0.1) is 0 Å². The zero-order valence-electron chi connectivity index (χ0n) is 14.6. The molecule has 2 aliphatic heterocycles. The fourth-order valence-electron chi connectivity index (χ4n) is 4.32. The molecule has 0 radical (unpaired) electrons. The van der Waals surface area contributed by atoms with Gasteiger partial charge in [-0.3, -0.25) is 4.90 Å². The number of hydrogen-bond donors (Lipinski definition) is 2. The van der Waals surface area contributed by atoms with Gasteiger partial charge in [0.1, 0.15) is 5.60 Å². The SMILES string of the molecule is CC(C)(C)OC(=O)N1CCN[C@@H]2[C@@H](N3CC[C@H](O)C3)CCC[C@@H]21. The summed E-state index contributed by atoms with van der Waals surface area (Å²) in [6.45, 7) is 9.00.